The molecule has 0 spiro atoms. The molecule has 29 heavy (non-hydrogen) atoms. The average Bonchev–Trinajstić information content (AvgIpc) is 2.67. The van der Waals surface area contributed by atoms with Crippen molar-refractivity contribution in [3.05, 3.63) is 52.8 Å². The summed E-state index contributed by atoms with van der Waals surface area (Å²) in [5.41, 5.74) is -0.553. The highest BCUT2D eigenvalue weighted by molar-refractivity contribution is 7.89. The molecule has 0 saturated carbocycles. The van der Waals surface area contributed by atoms with Crippen molar-refractivity contribution in [3.63, 3.8) is 0 Å². The molecule has 0 saturated heterocycles. The second-order valence-corrected chi connectivity index (χ2v) is 8.08. The Morgan fingerprint density at radius 3 is 2.52 bits per heavy atom. The van der Waals surface area contributed by atoms with Gasteiger partial charge < -0.3 is 10.1 Å². The lowest BCUT2D eigenvalue weighted by Gasteiger charge is -2.11. The number of ether oxygens (including phenoxy) is 1. The molecular formula is C18H18ClF3N2O4S. The SMILES string of the molecule is CCCCNS(=O)(=O)c1ccc(OCC(=O)Nc2ccc(F)c(F)c2F)c(Cl)c1. The van der Waals surface area contributed by atoms with Crippen molar-refractivity contribution in [1.29, 1.82) is 0 Å². The van der Waals surface area contributed by atoms with E-state index in [0.717, 1.165) is 18.6 Å². The topological polar surface area (TPSA) is 84.5 Å². The Morgan fingerprint density at radius 1 is 1.14 bits per heavy atom. The van der Waals surface area contributed by atoms with E-state index in [9.17, 15) is 26.4 Å². The number of unbranched alkanes of at least 4 members (excludes halogenated alkanes) is 1. The molecule has 0 unspecified atom stereocenters. The van der Waals surface area contributed by atoms with Gasteiger partial charge in [-0.25, -0.2) is 26.3 Å². The van der Waals surface area contributed by atoms with Gasteiger partial charge in [-0.3, -0.25) is 4.79 Å². The number of carbonyl (C=O) groups is 1. The van der Waals surface area contributed by atoms with Gasteiger partial charge in [-0.05, 0) is 36.8 Å². The van der Waals surface area contributed by atoms with Crippen LogP contribution in [-0.4, -0.2) is 27.5 Å². The first-order chi connectivity index (χ1) is 13.7. The van der Waals surface area contributed by atoms with Crippen LogP contribution in [0.25, 0.3) is 0 Å². The highest BCUT2D eigenvalue weighted by Crippen LogP contribution is 2.27. The third-order valence-electron chi connectivity index (χ3n) is 3.70. The van der Waals surface area contributed by atoms with Crippen molar-refractivity contribution >= 4 is 33.2 Å². The summed E-state index contributed by atoms with van der Waals surface area (Å²) in [4.78, 5) is 11.8. The molecule has 0 heterocycles. The number of sulfonamides is 1. The maximum atomic E-state index is 13.6. The number of amides is 1. The number of rotatable bonds is 9. The quantitative estimate of drug-likeness (QED) is 0.449. The zero-order valence-electron chi connectivity index (χ0n) is 15.3. The number of carbonyl (C=O) groups excluding carboxylic acids is 1. The van der Waals surface area contributed by atoms with Crippen LogP contribution in [-0.2, 0) is 14.8 Å². The van der Waals surface area contributed by atoms with Gasteiger partial charge in [0.2, 0.25) is 10.0 Å². The minimum atomic E-state index is -3.73. The highest BCUT2D eigenvalue weighted by atomic mass is 35.5. The van der Waals surface area contributed by atoms with E-state index in [-0.39, 0.29) is 22.2 Å². The van der Waals surface area contributed by atoms with E-state index in [2.05, 4.69) is 4.72 Å². The van der Waals surface area contributed by atoms with Gasteiger partial charge in [0.05, 0.1) is 15.6 Å². The van der Waals surface area contributed by atoms with E-state index in [1.165, 1.54) is 12.1 Å². The minimum Gasteiger partial charge on any atom is -0.482 e. The predicted molar refractivity (Wildman–Crippen MR) is 102 cm³/mol. The van der Waals surface area contributed by atoms with Crippen LogP contribution in [0, 0.1) is 17.5 Å². The number of hydrogen-bond acceptors (Lipinski definition) is 4. The molecule has 2 aromatic rings. The molecule has 2 aromatic carbocycles. The second kappa shape index (κ2) is 9.95. The van der Waals surface area contributed by atoms with Gasteiger partial charge in [0, 0.05) is 6.54 Å². The Kier molecular flexibility index (Phi) is 7.88. The molecule has 0 aliphatic carbocycles. The first-order valence-corrected chi connectivity index (χ1v) is 10.4. The molecular weight excluding hydrogens is 433 g/mol. The summed E-state index contributed by atoms with van der Waals surface area (Å²) in [5, 5.41) is 1.98. The van der Waals surface area contributed by atoms with Crippen molar-refractivity contribution in [1.82, 2.24) is 4.72 Å². The monoisotopic (exact) mass is 450 g/mol. The Hall–Kier alpha value is -2.30. The first kappa shape index (κ1) is 23.0. The minimum absolute atomic E-state index is 0.0140. The molecule has 0 bridgehead atoms. The zero-order valence-corrected chi connectivity index (χ0v) is 16.8. The van der Waals surface area contributed by atoms with E-state index in [0.29, 0.717) is 12.5 Å². The summed E-state index contributed by atoms with van der Waals surface area (Å²) in [6.07, 6.45) is 1.51. The molecule has 0 atom stereocenters. The van der Waals surface area contributed by atoms with Gasteiger partial charge in [0.15, 0.2) is 24.1 Å². The average molecular weight is 451 g/mol. The molecule has 0 radical (unpaired) electrons. The van der Waals surface area contributed by atoms with Crippen molar-refractivity contribution in [3.8, 4) is 5.75 Å². The molecule has 11 heteroatoms. The van der Waals surface area contributed by atoms with Gasteiger partial charge in [0.25, 0.3) is 5.91 Å². The van der Waals surface area contributed by atoms with E-state index < -0.39 is 45.7 Å². The highest BCUT2D eigenvalue weighted by Gasteiger charge is 2.18. The third kappa shape index (κ3) is 6.09. The number of benzene rings is 2. The fourth-order valence-electron chi connectivity index (χ4n) is 2.18. The van der Waals surface area contributed by atoms with E-state index in [4.69, 9.17) is 16.3 Å². The zero-order chi connectivity index (χ0) is 21.6. The van der Waals surface area contributed by atoms with Crippen molar-refractivity contribution in [2.45, 2.75) is 24.7 Å². The summed E-state index contributed by atoms with van der Waals surface area (Å²) in [6, 6.07) is 5.21. The lowest BCUT2D eigenvalue weighted by Crippen LogP contribution is -2.24. The fraction of sp³-hybridized carbons (Fsp3) is 0.278. The predicted octanol–water partition coefficient (Wildman–Crippen LogP) is 3.85. The van der Waals surface area contributed by atoms with Crippen LogP contribution in [0.5, 0.6) is 5.75 Å². The van der Waals surface area contributed by atoms with E-state index >= 15 is 0 Å². The normalized spacial score (nSPS) is 11.3. The van der Waals surface area contributed by atoms with Crippen LogP contribution in [0.2, 0.25) is 5.02 Å². The van der Waals surface area contributed by atoms with Gasteiger partial charge in [-0.1, -0.05) is 24.9 Å². The standard InChI is InChI=1S/C18H18ClF3N2O4S/c1-2-3-8-23-29(26,27)11-4-7-15(12(19)9-11)28-10-16(25)24-14-6-5-13(20)17(21)18(14)22/h4-7,9,23H,2-3,8,10H2,1H3,(H,24,25). The lowest BCUT2D eigenvalue weighted by atomic mass is 10.3. The number of halogens is 4. The maximum Gasteiger partial charge on any atom is 0.262 e. The molecule has 2 N–H and O–H groups in total. The summed E-state index contributed by atoms with van der Waals surface area (Å²) >= 11 is 6.00. The largest absolute Gasteiger partial charge is 0.482 e. The molecule has 2 rings (SSSR count). The van der Waals surface area contributed by atoms with Crippen molar-refractivity contribution < 1.29 is 31.1 Å². The van der Waals surface area contributed by atoms with Crippen molar-refractivity contribution in [2.75, 3.05) is 18.5 Å². The van der Waals surface area contributed by atoms with Gasteiger partial charge >= 0.3 is 0 Å². The van der Waals surface area contributed by atoms with Gasteiger partial charge in [-0.2, -0.15) is 0 Å². The Balaban J connectivity index is 2.00. The molecule has 0 aliphatic heterocycles. The van der Waals surface area contributed by atoms with E-state index in [1.54, 1.807) is 0 Å². The number of hydrogen-bond donors (Lipinski definition) is 2. The van der Waals surface area contributed by atoms with Crippen LogP contribution >= 0.6 is 11.6 Å². The molecule has 0 fully saturated rings. The number of nitrogens with one attached hydrogen (secondary N) is 2. The first-order valence-electron chi connectivity index (χ1n) is 8.51. The Labute approximate surface area is 171 Å². The molecule has 0 aliphatic rings. The lowest BCUT2D eigenvalue weighted by molar-refractivity contribution is -0.118. The van der Waals surface area contributed by atoms with Crippen LogP contribution in [0.15, 0.2) is 35.2 Å². The van der Waals surface area contributed by atoms with Gasteiger partial charge in [-0.15, -0.1) is 0 Å². The third-order valence-corrected chi connectivity index (χ3v) is 5.46. The van der Waals surface area contributed by atoms with Crippen molar-refractivity contribution in [2.24, 2.45) is 0 Å². The summed E-state index contributed by atoms with van der Waals surface area (Å²) in [6.45, 7) is 1.59. The molecule has 1 amide bonds. The van der Waals surface area contributed by atoms with Crippen LogP contribution in [0.4, 0.5) is 18.9 Å². The number of anilines is 1. The Bertz CT molecular complexity index is 1000. The Morgan fingerprint density at radius 2 is 1.86 bits per heavy atom. The van der Waals surface area contributed by atoms with Crippen LogP contribution in [0.1, 0.15) is 19.8 Å². The molecule has 158 valence electrons. The van der Waals surface area contributed by atoms with Crippen LogP contribution < -0.4 is 14.8 Å². The summed E-state index contributed by atoms with van der Waals surface area (Å²) < 4.78 is 71.6. The summed E-state index contributed by atoms with van der Waals surface area (Å²) in [5.74, 6) is -5.48. The molecule has 6 nitrogen and oxygen atoms in total. The van der Waals surface area contributed by atoms with E-state index in [1.807, 2.05) is 12.2 Å². The fourth-order valence-corrected chi connectivity index (χ4v) is 3.58. The smallest absolute Gasteiger partial charge is 0.262 e. The maximum absolute atomic E-state index is 13.6. The van der Waals surface area contributed by atoms with Crippen LogP contribution in [0.3, 0.4) is 0 Å². The summed E-state index contributed by atoms with van der Waals surface area (Å²) in [7, 11) is -3.73. The molecule has 0 aromatic heterocycles. The second-order valence-electron chi connectivity index (χ2n) is 5.90. The van der Waals surface area contributed by atoms with Gasteiger partial charge in [0.1, 0.15) is 5.75 Å².